The predicted molar refractivity (Wildman–Crippen MR) is 77.6 cm³/mol. The second-order valence-corrected chi connectivity index (χ2v) is 4.75. The van der Waals surface area contributed by atoms with Gasteiger partial charge in [-0.05, 0) is 18.2 Å². The van der Waals surface area contributed by atoms with Crippen molar-refractivity contribution in [3.05, 3.63) is 47.3 Å². The summed E-state index contributed by atoms with van der Waals surface area (Å²) in [5.41, 5.74) is 6.17. The lowest BCUT2D eigenvalue weighted by molar-refractivity contribution is 0.509. The van der Waals surface area contributed by atoms with Gasteiger partial charge in [-0.15, -0.1) is 0 Å². The van der Waals surface area contributed by atoms with E-state index >= 15 is 0 Å². The predicted octanol–water partition coefficient (Wildman–Crippen LogP) is 1.99. The minimum Gasteiger partial charge on any atom is -0.389 e. The molecule has 1 aromatic carbocycles. The topological polar surface area (TPSA) is 55.9 Å². The first-order valence-corrected chi connectivity index (χ1v) is 6.40. The number of halogens is 2. The summed E-state index contributed by atoms with van der Waals surface area (Å²) >= 11 is 4.65. The number of nitrogens with zero attached hydrogens (tertiary/aromatic N) is 2. The van der Waals surface area contributed by atoms with Crippen molar-refractivity contribution >= 4 is 22.9 Å². The Hall–Kier alpha value is -2.02. The molecule has 1 aromatic heterocycles. The first-order valence-electron chi connectivity index (χ1n) is 5.99. The fraction of sp³-hybridized carbons (Fsp3) is 0.231. The molecule has 0 saturated heterocycles. The molecule has 0 saturated carbocycles. The van der Waals surface area contributed by atoms with Gasteiger partial charge in [0.2, 0.25) is 0 Å². The summed E-state index contributed by atoms with van der Waals surface area (Å²) in [6, 6.07) is 4.66. The van der Waals surface area contributed by atoms with E-state index in [1.807, 2.05) is 19.3 Å². The van der Waals surface area contributed by atoms with Crippen molar-refractivity contribution in [2.24, 2.45) is 12.8 Å². The molecule has 3 N–H and O–H groups in total. The average Bonchev–Trinajstić information content (AvgIpc) is 2.80. The zero-order valence-corrected chi connectivity index (χ0v) is 11.7. The highest BCUT2D eigenvalue weighted by atomic mass is 32.1. The van der Waals surface area contributed by atoms with E-state index in [1.54, 1.807) is 4.68 Å². The van der Waals surface area contributed by atoms with Gasteiger partial charge in [-0.2, -0.15) is 5.10 Å². The zero-order chi connectivity index (χ0) is 14.7. The Morgan fingerprint density at radius 3 is 2.70 bits per heavy atom. The number of thiocarbonyl (C=S) groups is 1. The standard InChI is InChI=1S/C13H14F2N4S/c1-19-7-5-8(18-19)4-6-17-10-3-2-9(13(16)20)11(14)12(10)15/h2-3,5,7,17H,4,6H2,1H3,(H2,16,20). The van der Waals surface area contributed by atoms with E-state index in [1.165, 1.54) is 12.1 Å². The Balaban J connectivity index is 2.03. The van der Waals surface area contributed by atoms with E-state index in [9.17, 15) is 8.78 Å². The molecule has 1 heterocycles. The summed E-state index contributed by atoms with van der Waals surface area (Å²) in [5.74, 6) is -2.00. The molecule has 20 heavy (non-hydrogen) atoms. The molecule has 0 radical (unpaired) electrons. The third-order valence-electron chi connectivity index (χ3n) is 2.81. The maximum absolute atomic E-state index is 13.8. The van der Waals surface area contributed by atoms with Gasteiger partial charge in [-0.3, -0.25) is 4.68 Å². The largest absolute Gasteiger partial charge is 0.389 e. The van der Waals surface area contributed by atoms with Gasteiger partial charge in [0.15, 0.2) is 11.6 Å². The highest BCUT2D eigenvalue weighted by Crippen LogP contribution is 2.20. The molecule has 4 nitrogen and oxygen atoms in total. The monoisotopic (exact) mass is 296 g/mol. The van der Waals surface area contributed by atoms with Crippen LogP contribution >= 0.6 is 12.2 Å². The minimum absolute atomic E-state index is 0.0819. The van der Waals surface area contributed by atoms with Gasteiger partial charge < -0.3 is 11.1 Å². The van der Waals surface area contributed by atoms with Crippen molar-refractivity contribution in [1.29, 1.82) is 0 Å². The minimum atomic E-state index is -1.03. The quantitative estimate of drug-likeness (QED) is 0.829. The summed E-state index contributed by atoms with van der Waals surface area (Å²) in [7, 11) is 1.82. The molecule has 0 aliphatic rings. The molecule has 0 bridgehead atoms. The summed E-state index contributed by atoms with van der Waals surface area (Å²) in [6.07, 6.45) is 2.44. The van der Waals surface area contributed by atoms with Gasteiger partial charge in [0, 0.05) is 31.8 Å². The van der Waals surface area contributed by atoms with Crippen molar-refractivity contribution in [2.75, 3.05) is 11.9 Å². The maximum atomic E-state index is 13.8. The summed E-state index contributed by atoms with van der Waals surface area (Å²) in [4.78, 5) is -0.165. The van der Waals surface area contributed by atoms with Gasteiger partial charge >= 0.3 is 0 Å². The van der Waals surface area contributed by atoms with Crippen LogP contribution < -0.4 is 11.1 Å². The maximum Gasteiger partial charge on any atom is 0.182 e. The number of aryl methyl sites for hydroxylation is 1. The number of benzene rings is 1. The first kappa shape index (κ1) is 14.4. The molecular formula is C13H14F2N4S. The lowest BCUT2D eigenvalue weighted by Crippen LogP contribution is -2.14. The highest BCUT2D eigenvalue weighted by Gasteiger charge is 2.14. The van der Waals surface area contributed by atoms with E-state index in [0.29, 0.717) is 13.0 Å². The van der Waals surface area contributed by atoms with E-state index in [2.05, 4.69) is 22.6 Å². The number of anilines is 1. The lowest BCUT2D eigenvalue weighted by atomic mass is 10.1. The normalized spacial score (nSPS) is 10.6. The van der Waals surface area contributed by atoms with Crippen molar-refractivity contribution in [1.82, 2.24) is 9.78 Å². The fourth-order valence-corrected chi connectivity index (χ4v) is 1.96. The van der Waals surface area contributed by atoms with Crippen LogP contribution in [0.1, 0.15) is 11.3 Å². The van der Waals surface area contributed by atoms with E-state index in [0.717, 1.165) is 5.69 Å². The molecule has 2 rings (SSSR count). The fourth-order valence-electron chi connectivity index (χ4n) is 1.80. The summed E-state index contributed by atoms with van der Waals surface area (Å²) < 4.78 is 29.1. The van der Waals surface area contributed by atoms with Crippen LogP contribution in [0.5, 0.6) is 0 Å². The van der Waals surface area contributed by atoms with E-state index < -0.39 is 11.6 Å². The van der Waals surface area contributed by atoms with Crippen LogP contribution in [0, 0.1) is 11.6 Å². The molecule has 106 valence electrons. The molecule has 0 amide bonds. The molecule has 0 aliphatic heterocycles. The van der Waals surface area contributed by atoms with E-state index in [-0.39, 0.29) is 16.2 Å². The number of hydrogen-bond acceptors (Lipinski definition) is 3. The van der Waals surface area contributed by atoms with Crippen LogP contribution in [0.4, 0.5) is 14.5 Å². The van der Waals surface area contributed by atoms with Crippen LogP contribution in [0.3, 0.4) is 0 Å². The average molecular weight is 296 g/mol. The summed E-state index contributed by atoms with van der Waals surface area (Å²) in [5, 5.41) is 7.02. The molecule has 0 unspecified atom stereocenters. The van der Waals surface area contributed by atoms with Gasteiger partial charge in [-0.25, -0.2) is 8.78 Å². The van der Waals surface area contributed by atoms with Crippen LogP contribution in [-0.4, -0.2) is 21.3 Å². The second kappa shape index (κ2) is 5.96. The first-order chi connectivity index (χ1) is 9.49. The molecule has 0 atom stereocenters. The second-order valence-electron chi connectivity index (χ2n) is 4.31. The van der Waals surface area contributed by atoms with Gasteiger partial charge in [0.1, 0.15) is 4.99 Å². The van der Waals surface area contributed by atoms with Crippen LogP contribution in [0.15, 0.2) is 24.4 Å². The Morgan fingerprint density at radius 2 is 2.10 bits per heavy atom. The van der Waals surface area contributed by atoms with Crippen LogP contribution in [-0.2, 0) is 13.5 Å². The van der Waals surface area contributed by atoms with Gasteiger partial charge in [-0.1, -0.05) is 12.2 Å². The van der Waals surface area contributed by atoms with Gasteiger partial charge in [0.25, 0.3) is 0 Å². The number of nitrogens with two attached hydrogens (primary N) is 1. The number of nitrogens with one attached hydrogen (secondary N) is 1. The highest BCUT2D eigenvalue weighted by molar-refractivity contribution is 7.80. The Labute approximate surface area is 120 Å². The lowest BCUT2D eigenvalue weighted by Gasteiger charge is -2.09. The summed E-state index contributed by atoms with van der Waals surface area (Å²) in [6.45, 7) is 0.444. The van der Waals surface area contributed by atoms with Crippen LogP contribution in [0.25, 0.3) is 0 Å². The third kappa shape index (κ3) is 3.11. The molecule has 7 heteroatoms. The number of aromatic nitrogens is 2. The number of rotatable bonds is 5. The Bertz CT molecular complexity index is 639. The smallest absolute Gasteiger partial charge is 0.182 e. The van der Waals surface area contributed by atoms with Crippen molar-refractivity contribution in [3.63, 3.8) is 0 Å². The van der Waals surface area contributed by atoms with Crippen molar-refractivity contribution in [3.8, 4) is 0 Å². The van der Waals surface area contributed by atoms with Crippen molar-refractivity contribution in [2.45, 2.75) is 6.42 Å². The van der Waals surface area contributed by atoms with E-state index in [4.69, 9.17) is 5.73 Å². The molecule has 0 aliphatic carbocycles. The Morgan fingerprint density at radius 1 is 1.35 bits per heavy atom. The third-order valence-corrected chi connectivity index (χ3v) is 3.03. The number of hydrogen-bond donors (Lipinski definition) is 2. The molecule has 0 spiro atoms. The SMILES string of the molecule is Cn1ccc(CCNc2ccc(C(N)=S)c(F)c2F)n1. The van der Waals surface area contributed by atoms with Crippen molar-refractivity contribution < 1.29 is 8.78 Å². The molecular weight excluding hydrogens is 282 g/mol. The molecule has 0 fully saturated rings. The van der Waals surface area contributed by atoms with Gasteiger partial charge in [0.05, 0.1) is 11.4 Å². The zero-order valence-electron chi connectivity index (χ0n) is 10.9. The molecule has 2 aromatic rings. The Kier molecular flexibility index (Phi) is 4.29. The van der Waals surface area contributed by atoms with Crippen LogP contribution in [0.2, 0.25) is 0 Å².